The van der Waals surface area contributed by atoms with Crippen molar-refractivity contribution in [1.82, 2.24) is 4.40 Å². The molecule has 3 aromatic heterocycles. The number of allylic oxidation sites excluding steroid dienone is 1. The van der Waals surface area contributed by atoms with E-state index in [2.05, 4.69) is 65.0 Å². The molecule has 0 atom stereocenters. The molecule has 0 amide bonds. The third kappa shape index (κ3) is 3.00. The van der Waals surface area contributed by atoms with Crippen LogP contribution >= 0.6 is 0 Å². The van der Waals surface area contributed by atoms with Crippen LogP contribution in [0.5, 0.6) is 0 Å². The number of halogens is 4. The van der Waals surface area contributed by atoms with E-state index in [4.69, 9.17) is 0 Å². The summed E-state index contributed by atoms with van der Waals surface area (Å²) < 4.78 is 64.6. The van der Waals surface area contributed by atoms with Gasteiger partial charge in [0.05, 0.1) is 17.0 Å². The summed E-state index contributed by atoms with van der Waals surface area (Å²) in [7, 11) is 0. The SMILES string of the molecule is CCC1(CC)C=C[n+]2cc3c4c(F)c(F)c(F)c(F)c4c4cc(CC(C)(C)C)cc5c6cccc1c6c2n3c54. The molecule has 0 saturated heterocycles. The second-order valence-corrected chi connectivity index (χ2v) is 12.3. The highest BCUT2D eigenvalue weighted by Gasteiger charge is 2.37. The van der Waals surface area contributed by atoms with Crippen LogP contribution in [0.2, 0.25) is 0 Å². The molecule has 3 aromatic carbocycles. The maximum Gasteiger partial charge on any atom is 0.300 e. The summed E-state index contributed by atoms with van der Waals surface area (Å²) >= 11 is 0. The minimum absolute atomic E-state index is 0.0884. The van der Waals surface area contributed by atoms with Gasteiger partial charge in [-0.25, -0.2) is 22.1 Å². The maximum atomic E-state index is 15.7. The van der Waals surface area contributed by atoms with Crippen LogP contribution in [0.4, 0.5) is 17.6 Å². The average Bonchev–Trinajstić information content (AvgIpc) is 3.22. The van der Waals surface area contributed by atoms with E-state index >= 15 is 8.78 Å². The van der Waals surface area contributed by atoms with E-state index in [0.29, 0.717) is 22.8 Å². The fourth-order valence-electron chi connectivity index (χ4n) is 7.02. The molecule has 1 aliphatic heterocycles. The molecule has 1 aliphatic rings. The van der Waals surface area contributed by atoms with Gasteiger partial charge >= 0.3 is 0 Å². The molecule has 0 saturated carbocycles. The van der Waals surface area contributed by atoms with Gasteiger partial charge in [-0.1, -0.05) is 52.8 Å². The summed E-state index contributed by atoms with van der Waals surface area (Å²) in [5, 5.41) is 2.84. The first-order valence-electron chi connectivity index (χ1n) is 13.6. The van der Waals surface area contributed by atoms with Crippen LogP contribution in [0, 0.1) is 28.7 Å². The molecule has 0 bridgehead atoms. The van der Waals surface area contributed by atoms with E-state index in [9.17, 15) is 8.78 Å². The molecular formula is C33H29F4N2+. The zero-order valence-corrected chi connectivity index (χ0v) is 22.6. The lowest BCUT2D eigenvalue weighted by Gasteiger charge is -2.29. The number of imidazole rings is 1. The van der Waals surface area contributed by atoms with Gasteiger partial charge in [-0.05, 0) is 54.0 Å². The molecule has 39 heavy (non-hydrogen) atoms. The van der Waals surface area contributed by atoms with Gasteiger partial charge in [0.15, 0.2) is 28.8 Å². The van der Waals surface area contributed by atoms with Gasteiger partial charge in [-0.15, -0.1) is 0 Å². The van der Waals surface area contributed by atoms with E-state index in [1.807, 2.05) is 21.2 Å². The molecule has 0 radical (unpaired) electrons. The van der Waals surface area contributed by atoms with Crippen LogP contribution in [0.1, 0.15) is 58.6 Å². The number of hydrogen-bond donors (Lipinski definition) is 0. The fourth-order valence-corrected chi connectivity index (χ4v) is 7.02. The molecule has 6 heteroatoms. The number of pyridine rings is 2. The molecule has 0 aliphatic carbocycles. The van der Waals surface area contributed by atoms with Crippen molar-refractivity contribution in [3.63, 3.8) is 0 Å². The number of nitrogens with zero attached hydrogens (tertiary/aromatic N) is 2. The maximum absolute atomic E-state index is 15.7. The van der Waals surface area contributed by atoms with Crippen LogP contribution in [0.25, 0.3) is 55.2 Å². The number of benzene rings is 3. The summed E-state index contributed by atoms with van der Waals surface area (Å²) in [5.74, 6) is -6.32. The van der Waals surface area contributed by atoms with Crippen molar-refractivity contribution >= 4 is 55.2 Å². The van der Waals surface area contributed by atoms with E-state index < -0.39 is 23.3 Å². The van der Waals surface area contributed by atoms with Crippen LogP contribution in [-0.4, -0.2) is 4.40 Å². The quantitative estimate of drug-likeness (QED) is 0.0540. The van der Waals surface area contributed by atoms with Crippen molar-refractivity contribution in [2.24, 2.45) is 5.41 Å². The highest BCUT2D eigenvalue weighted by Crippen LogP contribution is 2.46. The molecule has 0 fully saturated rings. The molecule has 4 heterocycles. The normalized spacial score (nSPS) is 15.2. The minimum atomic E-state index is -1.79. The van der Waals surface area contributed by atoms with E-state index in [1.54, 1.807) is 6.20 Å². The van der Waals surface area contributed by atoms with Crippen molar-refractivity contribution in [2.75, 3.05) is 0 Å². The summed E-state index contributed by atoms with van der Waals surface area (Å²) in [6.07, 6.45) is 8.33. The summed E-state index contributed by atoms with van der Waals surface area (Å²) in [5.41, 5.74) is 3.59. The molecule has 0 spiro atoms. The molecule has 7 rings (SSSR count). The Morgan fingerprint density at radius 1 is 0.821 bits per heavy atom. The highest BCUT2D eigenvalue weighted by molar-refractivity contribution is 6.25. The van der Waals surface area contributed by atoms with E-state index in [0.717, 1.165) is 40.2 Å². The first-order valence-corrected chi connectivity index (χ1v) is 13.6. The second-order valence-electron chi connectivity index (χ2n) is 12.3. The van der Waals surface area contributed by atoms with Crippen LogP contribution in [-0.2, 0) is 11.8 Å². The minimum Gasteiger partial charge on any atom is -0.203 e. The van der Waals surface area contributed by atoms with Crippen molar-refractivity contribution in [2.45, 2.75) is 59.3 Å². The van der Waals surface area contributed by atoms with E-state index in [1.165, 1.54) is 5.56 Å². The standard InChI is InChI=1S/C33H29F4N2/c1-6-33(7-2)11-12-38-16-22-25-24(26(34)28(36)29(37)27(25)35)20-14-17(15-32(3,4)5)13-19-18-9-8-10-21(33)23(18)31(38)39(22)30(19)20/h8-14,16H,6-7,15H2,1-5H3/q+1. The van der Waals surface area contributed by atoms with Crippen LogP contribution in [0.15, 0.2) is 42.6 Å². The van der Waals surface area contributed by atoms with Gasteiger partial charge in [-0.3, -0.25) is 0 Å². The Labute approximate surface area is 223 Å². The van der Waals surface area contributed by atoms with Crippen molar-refractivity contribution < 1.29 is 22.1 Å². The third-order valence-corrected chi connectivity index (χ3v) is 8.81. The average molecular weight is 530 g/mol. The predicted octanol–water partition coefficient (Wildman–Crippen LogP) is 8.96. The first-order chi connectivity index (χ1) is 18.5. The zero-order valence-electron chi connectivity index (χ0n) is 22.6. The Kier molecular flexibility index (Phi) is 4.82. The number of rotatable bonds is 3. The largest absolute Gasteiger partial charge is 0.300 e. The Morgan fingerprint density at radius 3 is 2.15 bits per heavy atom. The van der Waals surface area contributed by atoms with E-state index in [-0.39, 0.29) is 21.6 Å². The number of fused-ring (bicyclic) bond motifs is 4. The summed E-state index contributed by atoms with van der Waals surface area (Å²) in [6.45, 7) is 10.7. The molecule has 0 N–H and O–H groups in total. The van der Waals surface area contributed by atoms with Gasteiger partial charge in [0.25, 0.3) is 5.65 Å². The first kappa shape index (κ1) is 24.4. The van der Waals surface area contributed by atoms with Gasteiger partial charge in [0, 0.05) is 27.0 Å². The molecule has 6 aromatic rings. The third-order valence-electron chi connectivity index (χ3n) is 8.81. The summed E-state index contributed by atoms with van der Waals surface area (Å²) in [4.78, 5) is 0. The Balaban J connectivity index is 1.86. The lowest BCUT2D eigenvalue weighted by molar-refractivity contribution is -0.536. The fraction of sp³-hybridized carbons (Fsp3) is 0.303. The van der Waals surface area contributed by atoms with Gasteiger partial charge in [0.1, 0.15) is 11.7 Å². The Hall–Kier alpha value is -3.67. The zero-order chi connectivity index (χ0) is 27.6. The molecular weight excluding hydrogens is 500 g/mol. The van der Waals surface area contributed by atoms with Crippen LogP contribution in [0.3, 0.4) is 0 Å². The van der Waals surface area contributed by atoms with Gasteiger partial charge in [0.2, 0.25) is 0 Å². The van der Waals surface area contributed by atoms with Crippen LogP contribution < -0.4 is 4.57 Å². The van der Waals surface area contributed by atoms with Crippen molar-refractivity contribution in [3.05, 3.63) is 77.0 Å². The molecule has 198 valence electrons. The molecule has 2 nitrogen and oxygen atoms in total. The lowest BCUT2D eigenvalue weighted by Crippen LogP contribution is -2.24. The highest BCUT2D eigenvalue weighted by atomic mass is 19.2. The smallest absolute Gasteiger partial charge is 0.203 e. The van der Waals surface area contributed by atoms with Gasteiger partial charge < -0.3 is 0 Å². The number of hydrogen-bond acceptors (Lipinski definition) is 0. The van der Waals surface area contributed by atoms with Crippen molar-refractivity contribution in [1.29, 1.82) is 0 Å². The Bertz CT molecular complexity index is 2040. The lowest BCUT2D eigenvalue weighted by atomic mass is 9.74. The van der Waals surface area contributed by atoms with Crippen molar-refractivity contribution in [3.8, 4) is 0 Å². The predicted molar refractivity (Wildman–Crippen MR) is 149 cm³/mol. The Morgan fingerprint density at radius 2 is 1.49 bits per heavy atom. The molecule has 0 unspecified atom stereocenters. The topological polar surface area (TPSA) is 8.29 Å². The number of aromatic nitrogens is 2. The second kappa shape index (κ2) is 7.71. The van der Waals surface area contributed by atoms with Gasteiger partial charge in [-0.2, -0.15) is 4.40 Å². The summed E-state index contributed by atoms with van der Waals surface area (Å²) in [6, 6.07) is 10.3. The monoisotopic (exact) mass is 529 g/mol.